The van der Waals surface area contributed by atoms with Crippen LogP contribution in [-0.2, 0) is 6.54 Å². The number of rotatable bonds is 3. The van der Waals surface area contributed by atoms with Crippen molar-refractivity contribution >= 4 is 12.2 Å². The summed E-state index contributed by atoms with van der Waals surface area (Å²) >= 11 is 5.02. The van der Waals surface area contributed by atoms with Gasteiger partial charge in [0.15, 0.2) is 0 Å². The Kier molecular flexibility index (Phi) is 3.48. The number of aromatic nitrogens is 4. The van der Waals surface area contributed by atoms with E-state index in [1.807, 2.05) is 4.68 Å². The molecule has 0 atom stereocenters. The molecule has 0 saturated carbocycles. The Labute approximate surface area is 94.4 Å². The van der Waals surface area contributed by atoms with Crippen molar-refractivity contribution in [3.8, 4) is 0 Å². The molecule has 1 aromatic rings. The van der Waals surface area contributed by atoms with Crippen LogP contribution in [0, 0.1) is 10.7 Å². The van der Waals surface area contributed by atoms with Gasteiger partial charge >= 0.3 is 0 Å². The number of aryl methyl sites for hydroxylation is 1. The first-order valence-electron chi connectivity index (χ1n) is 5.42. The minimum Gasteiger partial charge on any atom is -0.306 e. The molecular weight excluding hydrogens is 210 g/mol. The minimum atomic E-state index is 0.558. The lowest BCUT2D eigenvalue weighted by Gasteiger charge is -2.28. The molecule has 1 aliphatic rings. The fourth-order valence-electron chi connectivity index (χ4n) is 2.02. The summed E-state index contributed by atoms with van der Waals surface area (Å²) in [5.41, 5.74) is 0. The average Bonchev–Trinajstić information content (AvgIpc) is 2.63. The van der Waals surface area contributed by atoms with Gasteiger partial charge in [0.2, 0.25) is 4.77 Å². The van der Waals surface area contributed by atoms with Crippen LogP contribution in [0.1, 0.15) is 19.3 Å². The molecule has 2 rings (SSSR count). The van der Waals surface area contributed by atoms with Crippen LogP contribution in [0.3, 0.4) is 0 Å². The van der Waals surface area contributed by atoms with Gasteiger partial charge in [-0.05, 0) is 57.5 Å². The van der Waals surface area contributed by atoms with Gasteiger partial charge in [-0.2, -0.15) is 5.21 Å². The summed E-state index contributed by atoms with van der Waals surface area (Å²) in [5, 5.41) is 10.2. The van der Waals surface area contributed by atoms with Gasteiger partial charge in [-0.3, -0.25) is 0 Å². The van der Waals surface area contributed by atoms with E-state index >= 15 is 0 Å². The minimum absolute atomic E-state index is 0.558. The van der Waals surface area contributed by atoms with Gasteiger partial charge in [-0.15, -0.1) is 0 Å². The number of nitrogens with zero attached hydrogens (tertiary/aromatic N) is 4. The van der Waals surface area contributed by atoms with Gasteiger partial charge in [0.1, 0.15) is 0 Å². The molecular formula is C9H17N5S. The van der Waals surface area contributed by atoms with E-state index in [9.17, 15) is 0 Å². The predicted octanol–water partition coefficient (Wildman–Crippen LogP) is 1.07. The first-order valence-corrected chi connectivity index (χ1v) is 5.83. The third-order valence-corrected chi connectivity index (χ3v) is 3.43. The maximum atomic E-state index is 5.02. The summed E-state index contributed by atoms with van der Waals surface area (Å²) < 4.78 is 2.40. The molecule has 0 aliphatic carbocycles. The zero-order valence-corrected chi connectivity index (χ0v) is 9.83. The summed E-state index contributed by atoms with van der Waals surface area (Å²) in [6.45, 7) is 3.36. The smallest absolute Gasteiger partial charge is 0.238 e. The third-order valence-electron chi connectivity index (χ3n) is 3.13. The Morgan fingerprint density at radius 3 is 2.80 bits per heavy atom. The van der Waals surface area contributed by atoms with Crippen LogP contribution in [0.25, 0.3) is 0 Å². The standard InChI is InChI=1S/C9H17N5S/c1-13-5-2-8(3-6-13)4-7-14-9(15)10-11-12-14/h8H,2-7H2,1H3,(H,10,12,15). The molecule has 5 nitrogen and oxygen atoms in total. The molecule has 0 amide bonds. The summed E-state index contributed by atoms with van der Waals surface area (Å²) in [7, 11) is 2.19. The quantitative estimate of drug-likeness (QED) is 0.785. The molecule has 1 saturated heterocycles. The Morgan fingerprint density at radius 2 is 2.20 bits per heavy atom. The largest absolute Gasteiger partial charge is 0.306 e. The lowest BCUT2D eigenvalue weighted by atomic mass is 9.94. The first-order chi connectivity index (χ1) is 7.25. The summed E-state index contributed by atoms with van der Waals surface area (Å²) in [4.78, 5) is 2.39. The van der Waals surface area contributed by atoms with Crippen molar-refractivity contribution in [2.45, 2.75) is 25.8 Å². The van der Waals surface area contributed by atoms with Gasteiger partial charge in [0, 0.05) is 6.54 Å². The highest BCUT2D eigenvalue weighted by atomic mass is 32.1. The first kappa shape index (κ1) is 10.8. The number of aromatic amines is 1. The van der Waals surface area contributed by atoms with Gasteiger partial charge in [0.05, 0.1) is 0 Å². The van der Waals surface area contributed by atoms with Crippen molar-refractivity contribution in [3.05, 3.63) is 4.77 Å². The molecule has 0 radical (unpaired) electrons. The van der Waals surface area contributed by atoms with E-state index in [-0.39, 0.29) is 0 Å². The molecule has 1 N–H and O–H groups in total. The van der Waals surface area contributed by atoms with Crippen molar-refractivity contribution in [2.24, 2.45) is 5.92 Å². The Bertz CT molecular complexity index is 349. The maximum absolute atomic E-state index is 5.02. The second kappa shape index (κ2) is 4.85. The van der Waals surface area contributed by atoms with Crippen LogP contribution in [0.5, 0.6) is 0 Å². The number of piperidine rings is 1. The molecule has 1 fully saturated rings. The lowest BCUT2D eigenvalue weighted by molar-refractivity contribution is 0.206. The highest BCUT2D eigenvalue weighted by molar-refractivity contribution is 7.71. The van der Waals surface area contributed by atoms with Crippen molar-refractivity contribution < 1.29 is 0 Å². The molecule has 84 valence electrons. The molecule has 0 bridgehead atoms. The summed E-state index contributed by atoms with van der Waals surface area (Å²) in [6, 6.07) is 0. The fraction of sp³-hybridized carbons (Fsp3) is 0.889. The highest BCUT2D eigenvalue weighted by Gasteiger charge is 2.16. The molecule has 0 unspecified atom stereocenters. The monoisotopic (exact) mass is 227 g/mol. The number of likely N-dealkylation sites (tertiary alicyclic amines) is 1. The summed E-state index contributed by atoms with van der Waals surface area (Å²) in [5.74, 6) is 0.825. The molecule has 1 aromatic heterocycles. The van der Waals surface area contributed by atoms with E-state index in [0.29, 0.717) is 4.77 Å². The Morgan fingerprint density at radius 1 is 1.47 bits per heavy atom. The van der Waals surface area contributed by atoms with E-state index in [1.165, 1.54) is 32.4 Å². The number of hydrogen-bond donors (Lipinski definition) is 1. The van der Waals surface area contributed by atoms with Gasteiger partial charge in [0.25, 0.3) is 0 Å². The van der Waals surface area contributed by atoms with Crippen molar-refractivity contribution in [2.75, 3.05) is 20.1 Å². The molecule has 15 heavy (non-hydrogen) atoms. The Balaban J connectivity index is 1.79. The third kappa shape index (κ3) is 2.85. The van der Waals surface area contributed by atoms with Crippen LogP contribution in [0.2, 0.25) is 0 Å². The second-order valence-corrected chi connectivity index (χ2v) is 4.63. The number of tetrazole rings is 1. The fourth-order valence-corrected chi connectivity index (χ4v) is 2.20. The molecule has 6 heteroatoms. The van der Waals surface area contributed by atoms with Crippen molar-refractivity contribution in [3.63, 3.8) is 0 Å². The van der Waals surface area contributed by atoms with Crippen molar-refractivity contribution in [1.82, 2.24) is 25.1 Å². The van der Waals surface area contributed by atoms with E-state index in [2.05, 4.69) is 27.5 Å². The zero-order valence-electron chi connectivity index (χ0n) is 9.02. The van der Waals surface area contributed by atoms with Crippen LogP contribution in [0.4, 0.5) is 0 Å². The van der Waals surface area contributed by atoms with Gasteiger partial charge in [-0.25, -0.2) is 4.68 Å². The predicted molar refractivity (Wildman–Crippen MR) is 60.0 cm³/mol. The molecule has 0 spiro atoms. The lowest BCUT2D eigenvalue weighted by Crippen LogP contribution is -2.30. The van der Waals surface area contributed by atoms with Crippen LogP contribution >= 0.6 is 12.2 Å². The van der Waals surface area contributed by atoms with Gasteiger partial charge < -0.3 is 4.90 Å². The highest BCUT2D eigenvalue weighted by Crippen LogP contribution is 2.19. The topological polar surface area (TPSA) is 49.7 Å². The normalized spacial score (nSPS) is 19.5. The summed E-state index contributed by atoms with van der Waals surface area (Å²) in [6.07, 6.45) is 3.77. The van der Waals surface area contributed by atoms with Crippen molar-refractivity contribution in [1.29, 1.82) is 0 Å². The SMILES string of the molecule is CN1CCC(CCn2[nH]nnc2=S)CC1. The number of H-pyrrole nitrogens is 1. The van der Waals surface area contributed by atoms with Crippen LogP contribution in [-0.4, -0.2) is 45.2 Å². The Hall–Kier alpha value is -0.750. The average molecular weight is 227 g/mol. The zero-order chi connectivity index (χ0) is 10.7. The number of nitrogens with one attached hydrogen (secondary N) is 1. The second-order valence-electron chi connectivity index (χ2n) is 4.27. The van der Waals surface area contributed by atoms with Gasteiger partial charge in [-0.1, -0.05) is 10.3 Å². The van der Waals surface area contributed by atoms with E-state index in [1.54, 1.807) is 0 Å². The van der Waals surface area contributed by atoms with Crippen LogP contribution < -0.4 is 0 Å². The molecule has 1 aliphatic heterocycles. The van der Waals surface area contributed by atoms with E-state index in [4.69, 9.17) is 12.2 Å². The number of hydrogen-bond acceptors (Lipinski definition) is 4. The molecule has 0 aromatic carbocycles. The van der Waals surface area contributed by atoms with E-state index in [0.717, 1.165) is 12.5 Å². The maximum Gasteiger partial charge on any atom is 0.238 e. The van der Waals surface area contributed by atoms with E-state index < -0.39 is 0 Å². The molecule has 2 heterocycles. The van der Waals surface area contributed by atoms with Crippen LogP contribution in [0.15, 0.2) is 0 Å².